The zero-order valence-corrected chi connectivity index (χ0v) is 6.44. The molecular formula is C4H9INO-. The fraction of sp³-hybridized carbons (Fsp3) is 1.00. The van der Waals surface area contributed by atoms with E-state index in [-0.39, 0.29) is 21.5 Å². The molecule has 1 N–H and O–H groups in total. The molecule has 1 unspecified atom stereocenters. The average molecular weight is 214 g/mol. The van der Waals surface area contributed by atoms with E-state index >= 15 is 0 Å². The second-order valence-electron chi connectivity index (χ2n) is 1.78. The molecule has 0 aliphatic carbocycles. The summed E-state index contributed by atoms with van der Waals surface area (Å²) >= 11 is 0.202. The quantitative estimate of drug-likeness (QED) is 0.266. The van der Waals surface area contributed by atoms with Gasteiger partial charge in [-0.3, -0.25) is 0 Å². The van der Waals surface area contributed by atoms with Crippen molar-refractivity contribution < 1.29 is 26.3 Å². The van der Waals surface area contributed by atoms with Crippen molar-refractivity contribution in [3.8, 4) is 0 Å². The molecule has 1 saturated heterocycles. The maximum atomic E-state index is 4.98. The van der Waals surface area contributed by atoms with Gasteiger partial charge in [0.25, 0.3) is 0 Å². The second-order valence-corrected chi connectivity index (χ2v) is 3.87. The predicted octanol–water partition coefficient (Wildman–Crippen LogP) is -2.84. The van der Waals surface area contributed by atoms with Crippen LogP contribution >= 0.6 is 0 Å². The SMILES string of the molecule is CC1CON[I-]C1. The van der Waals surface area contributed by atoms with Crippen molar-refractivity contribution in [1.29, 1.82) is 0 Å². The predicted molar refractivity (Wildman–Crippen MR) is 23.1 cm³/mol. The summed E-state index contributed by atoms with van der Waals surface area (Å²) in [5.74, 6) is 0.800. The van der Waals surface area contributed by atoms with E-state index in [1.165, 1.54) is 4.43 Å². The summed E-state index contributed by atoms with van der Waals surface area (Å²) in [7, 11) is 0. The molecule has 7 heavy (non-hydrogen) atoms. The van der Waals surface area contributed by atoms with Gasteiger partial charge in [-0.05, 0) is 0 Å². The summed E-state index contributed by atoms with van der Waals surface area (Å²) in [5.41, 5.74) is 0. The summed E-state index contributed by atoms with van der Waals surface area (Å²) in [4.78, 5) is 4.98. The van der Waals surface area contributed by atoms with E-state index < -0.39 is 0 Å². The molecule has 0 aromatic rings. The van der Waals surface area contributed by atoms with Crippen LogP contribution in [0.4, 0.5) is 0 Å². The normalized spacial score (nSPS) is 34.1. The van der Waals surface area contributed by atoms with Gasteiger partial charge in [-0.2, -0.15) is 0 Å². The van der Waals surface area contributed by atoms with Crippen LogP contribution in [0.3, 0.4) is 0 Å². The van der Waals surface area contributed by atoms with Gasteiger partial charge in [0.05, 0.1) is 0 Å². The first-order valence-electron chi connectivity index (χ1n) is 2.34. The van der Waals surface area contributed by atoms with Gasteiger partial charge < -0.3 is 0 Å². The molecule has 0 amide bonds. The molecule has 0 aromatic carbocycles. The molecule has 44 valence electrons. The molecule has 0 bridgehead atoms. The van der Waals surface area contributed by atoms with Gasteiger partial charge in [0.2, 0.25) is 0 Å². The Hall–Kier alpha value is 0.650. The van der Waals surface area contributed by atoms with E-state index in [2.05, 4.69) is 10.6 Å². The van der Waals surface area contributed by atoms with Crippen LogP contribution in [0.5, 0.6) is 0 Å². The third-order valence-corrected chi connectivity index (χ3v) is 3.38. The number of alkyl halides is 1. The average Bonchev–Trinajstić information content (AvgIpc) is 1.69. The van der Waals surface area contributed by atoms with E-state index in [0.29, 0.717) is 0 Å². The first-order chi connectivity index (χ1) is 3.39. The number of nitrogens with one attached hydrogen (secondary N) is 1. The van der Waals surface area contributed by atoms with Gasteiger partial charge in [0, 0.05) is 0 Å². The Morgan fingerprint density at radius 2 is 2.71 bits per heavy atom. The van der Waals surface area contributed by atoms with Crippen molar-refractivity contribution in [2.24, 2.45) is 5.92 Å². The monoisotopic (exact) mass is 214 g/mol. The first kappa shape index (κ1) is 5.78. The Bertz CT molecular complexity index is 53.7. The van der Waals surface area contributed by atoms with Crippen LogP contribution in [-0.2, 0) is 4.84 Å². The van der Waals surface area contributed by atoms with Crippen molar-refractivity contribution in [1.82, 2.24) is 3.69 Å². The van der Waals surface area contributed by atoms with E-state index in [1.807, 2.05) is 0 Å². The molecular weight excluding hydrogens is 205 g/mol. The fourth-order valence-electron chi connectivity index (χ4n) is 0.420. The Kier molecular flexibility index (Phi) is 2.34. The third-order valence-electron chi connectivity index (χ3n) is 0.818. The molecule has 0 spiro atoms. The fourth-order valence-corrected chi connectivity index (χ4v) is 2.01. The van der Waals surface area contributed by atoms with Gasteiger partial charge >= 0.3 is 53.9 Å². The van der Waals surface area contributed by atoms with Crippen molar-refractivity contribution in [2.45, 2.75) is 6.92 Å². The molecule has 1 heterocycles. The van der Waals surface area contributed by atoms with Crippen molar-refractivity contribution in [3.63, 3.8) is 0 Å². The molecule has 1 fully saturated rings. The number of hydrogen-bond acceptors (Lipinski definition) is 2. The van der Waals surface area contributed by atoms with Crippen LogP contribution in [0.1, 0.15) is 6.92 Å². The van der Waals surface area contributed by atoms with Crippen LogP contribution in [0, 0.1) is 5.92 Å². The van der Waals surface area contributed by atoms with Crippen LogP contribution in [0.15, 0.2) is 0 Å². The molecule has 0 aromatic heterocycles. The summed E-state index contributed by atoms with van der Waals surface area (Å²) in [6.45, 7) is 3.13. The summed E-state index contributed by atoms with van der Waals surface area (Å²) in [5, 5.41) is 0. The van der Waals surface area contributed by atoms with E-state index in [9.17, 15) is 0 Å². The number of hydrogen-bond donors (Lipinski definition) is 1. The van der Waals surface area contributed by atoms with Crippen LogP contribution in [0.2, 0.25) is 0 Å². The van der Waals surface area contributed by atoms with Crippen molar-refractivity contribution in [3.05, 3.63) is 0 Å². The Labute approximate surface area is 54.2 Å². The zero-order valence-electron chi connectivity index (χ0n) is 4.28. The van der Waals surface area contributed by atoms with Gasteiger partial charge in [-0.15, -0.1) is 0 Å². The van der Waals surface area contributed by atoms with Gasteiger partial charge in [0.1, 0.15) is 0 Å². The minimum atomic E-state index is 0.202. The minimum absolute atomic E-state index is 0.202. The van der Waals surface area contributed by atoms with Crippen molar-refractivity contribution >= 4 is 0 Å². The second kappa shape index (κ2) is 2.84. The summed E-state index contributed by atoms with van der Waals surface area (Å²) in [6, 6.07) is 0. The molecule has 1 aliphatic rings. The third kappa shape index (κ3) is 1.92. The molecule has 1 aliphatic heterocycles. The Morgan fingerprint density at radius 3 is 3.00 bits per heavy atom. The Balaban J connectivity index is 2.12. The van der Waals surface area contributed by atoms with Crippen LogP contribution in [0.25, 0.3) is 0 Å². The van der Waals surface area contributed by atoms with E-state index in [0.717, 1.165) is 12.5 Å². The van der Waals surface area contributed by atoms with Crippen LogP contribution < -0.4 is 25.2 Å². The van der Waals surface area contributed by atoms with E-state index in [4.69, 9.17) is 4.84 Å². The molecule has 0 saturated carbocycles. The molecule has 2 nitrogen and oxygen atoms in total. The van der Waals surface area contributed by atoms with Crippen LogP contribution in [-0.4, -0.2) is 11.0 Å². The molecule has 1 rings (SSSR count). The zero-order chi connectivity index (χ0) is 5.11. The molecule has 1 atom stereocenters. The van der Waals surface area contributed by atoms with Crippen molar-refractivity contribution in [2.75, 3.05) is 11.0 Å². The number of rotatable bonds is 0. The first-order valence-corrected chi connectivity index (χ1v) is 4.95. The number of halogens is 1. The summed E-state index contributed by atoms with van der Waals surface area (Å²) < 4.78 is 4.29. The summed E-state index contributed by atoms with van der Waals surface area (Å²) in [6.07, 6.45) is 0. The van der Waals surface area contributed by atoms with E-state index in [1.54, 1.807) is 0 Å². The molecule has 3 heteroatoms. The van der Waals surface area contributed by atoms with Gasteiger partial charge in [-0.1, -0.05) is 0 Å². The van der Waals surface area contributed by atoms with Gasteiger partial charge in [-0.25, -0.2) is 0 Å². The van der Waals surface area contributed by atoms with Gasteiger partial charge in [0.15, 0.2) is 0 Å². The Morgan fingerprint density at radius 1 is 1.86 bits per heavy atom. The standard InChI is InChI=1S/C4H9INO/c1-4-2-5-6-7-3-4/h4,6H,2-3H2,1H3/q-1. The maximum absolute atomic E-state index is 4.98. The molecule has 0 radical (unpaired) electrons. The topological polar surface area (TPSA) is 21.3 Å².